The number of nitrogens with zero attached hydrogens (tertiary/aromatic N) is 1. The van der Waals surface area contributed by atoms with Crippen LogP contribution in [0.4, 0.5) is 5.69 Å². The Morgan fingerprint density at radius 2 is 1.70 bits per heavy atom. The predicted octanol–water partition coefficient (Wildman–Crippen LogP) is 3.60. The normalized spacial score (nSPS) is 10.3. The van der Waals surface area contributed by atoms with E-state index in [1.807, 2.05) is 30.3 Å². The van der Waals surface area contributed by atoms with Crippen LogP contribution in [0.25, 0.3) is 0 Å². The van der Waals surface area contributed by atoms with Gasteiger partial charge in [-0.05, 0) is 42.8 Å². The number of aryl methyl sites for hydroxylation is 1. The van der Waals surface area contributed by atoms with Crippen LogP contribution in [0.1, 0.15) is 33.3 Å². The maximum Gasteiger partial charge on any atom is 0.355 e. The Balaban J connectivity index is 1.47. The minimum absolute atomic E-state index is 0.154. The van der Waals surface area contributed by atoms with Crippen molar-refractivity contribution in [1.82, 2.24) is 4.57 Å². The van der Waals surface area contributed by atoms with Crippen LogP contribution < -0.4 is 10.1 Å². The number of hydrogen-bond acceptors (Lipinski definition) is 5. The molecule has 0 saturated heterocycles. The van der Waals surface area contributed by atoms with Crippen LogP contribution in [0, 0.1) is 0 Å². The van der Waals surface area contributed by atoms with E-state index >= 15 is 0 Å². The number of aromatic nitrogens is 1. The molecule has 1 aromatic heterocycles. The zero-order valence-corrected chi connectivity index (χ0v) is 16.8. The van der Waals surface area contributed by atoms with Gasteiger partial charge in [0.05, 0.1) is 0 Å². The standard InChI is InChI=1S/C23H22N2O5/c1-16(26)18-12-21(25(2)13-18)23(28)30-15-22(27)24-19-8-10-20(11-9-19)29-14-17-6-4-3-5-7-17/h3-13H,14-15H2,1-2H3,(H,24,27). The van der Waals surface area contributed by atoms with Crippen molar-refractivity contribution < 1.29 is 23.9 Å². The molecule has 7 nitrogen and oxygen atoms in total. The van der Waals surface area contributed by atoms with Crippen LogP contribution in [0.15, 0.2) is 66.9 Å². The molecule has 30 heavy (non-hydrogen) atoms. The molecule has 0 atom stereocenters. The summed E-state index contributed by atoms with van der Waals surface area (Å²) in [6, 6.07) is 18.1. The van der Waals surface area contributed by atoms with Gasteiger partial charge in [-0.2, -0.15) is 0 Å². The second-order valence-electron chi connectivity index (χ2n) is 6.70. The van der Waals surface area contributed by atoms with Gasteiger partial charge in [-0.15, -0.1) is 0 Å². The second kappa shape index (κ2) is 9.56. The van der Waals surface area contributed by atoms with E-state index < -0.39 is 18.5 Å². The zero-order valence-electron chi connectivity index (χ0n) is 16.8. The summed E-state index contributed by atoms with van der Waals surface area (Å²) in [5.74, 6) is -0.626. The molecule has 0 spiro atoms. The van der Waals surface area contributed by atoms with Crippen molar-refractivity contribution in [3.63, 3.8) is 0 Å². The van der Waals surface area contributed by atoms with E-state index in [1.54, 1.807) is 37.5 Å². The largest absolute Gasteiger partial charge is 0.489 e. The summed E-state index contributed by atoms with van der Waals surface area (Å²) in [6.07, 6.45) is 1.54. The van der Waals surface area contributed by atoms with Crippen LogP contribution in [0.3, 0.4) is 0 Å². The van der Waals surface area contributed by atoms with Crippen molar-refractivity contribution in [3.8, 4) is 5.75 Å². The molecule has 1 amide bonds. The van der Waals surface area contributed by atoms with Gasteiger partial charge < -0.3 is 19.4 Å². The zero-order chi connectivity index (χ0) is 21.5. The van der Waals surface area contributed by atoms with E-state index in [-0.39, 0.29) is 11.5 Å². The molecule has 0 saturated carbocycles. The van der Waals surface area contributed by atoms with Gasteiger partial charge >= 0.3 is 5.97 Å². The summed E-state index contributed by atoms with van der Waals surface area (Å²) in [5, 5.41) is 2.66. The average molecular weight is 406 g/mol. The summed E-state index contributed by atoms with van der Waals surface area (Å²) in [6.45, 7) is 1.43. The number of carbonyl (C=O) groups is 3. The fraction of sp³-hybridized carbons (Fsp3) is 0.174. The van der Waals surface area contributed by atoms with Gasteiger partial charge in [0.1, 0.15) is 18.1 Å². The third-order valence-corrected chi connectivity index (χ3v) is 4.34. The summed E-state index contributed by atoms with van der Waals surface area (Å²) in [7, 11) is 1.63. The van der Waals surface area contributed by atoms with E-state index in [0.717, 1.165) is 5.56 Å². The van der Waals surface area contributed by atoms with Crippen LogP contribution in [-0.4, -0.2) is 28.8 Å². The second-order valence-corrected chi connectivity index (χ2v) is 6.70. The van der Waals surface area contributed by atoms with E-state index in [1.165, 1.54) is 17.6 Å². The Morgan fingerprint density at radius 1 is 1.00 bits per heavy atom. The van der Waals surface area contributed by atoms with Crippen LogP contribution in [0.2, 0.25) is 0 Å². The third-order valence-electron chi connectivity index (χ3n) is 4.34. The number of Topliss-reactive ketones (excluding diaryl/α,β-unsaturated/α-hetero) is 1. The highest BCUT2D eigenvalue weighted by molar-refractivity contribution is 5.98. The number of benzene rings is 2. The number of carbonyl (C=O) groups excluding carboxylic acids is 3. The minimum atomic E-state index is -0.676. The summed E-state index contributed by atoms with van der Waals surface area (Å²) in [5.41, 5.74) is 2.22. The number of ether oxygens (including phenoxy) is 2. The van der Waals surface area contributed by atoms with E-state index in [0.29, 0.717) is 23.6 Å². The molecule has 0 aliphatic rings. The number of nitrogens with one attached hydrogen (secondary N) is 1. The Kier molecular flexibility index (Phi) is 6.64. The molecule has 0 aliphatic carbocycles. The molecule has 0 unspecified atom stereocenters. The van der Waals surface area contributed by atoms with Crippen LogP contribution in [0.5, 0.6) is 5.75 Å². The molecule has 7 heteroatoms. The number of anilines is 1. The lowest BCUT2D eigenvalue weighted by Gasteiger charge is -2.09. The molecular weight excluding hydrogens is 384 g/mol. The van der Waals surface area contributed by atoms with Gasteiger partial charge in [-0.1, -0.05) is 30.3 Å². The van der Waals surface area contributed by atoms with E-state index in [2.05, 4.69) is 5.32 Å². The summed E-state index contributed by atoms with van der Waals surface area (Å²) >= 11 is 0. The SMILES string of the molecule is CC(=O)c1cc(C(=O)OCC(=O)Nc2ccc(OCc3ccccc3)cc2)n(C)c1. The highest BCUT2D eigenvalue weighted by Gasteiger charge is 2.16. The first-order chi connectivity index (χ1) is 14.4. The minimum Gasteiger partial charge on any atom is -0.489 e. The summed E-state index contributed by atoms with van der Waals surface area (Å²) in [4.78, 5) is 35.6. The van der Waals surface area contributed by atoms with Gasteiger partial charge in [0, 0.05) is 24.5 Å². The lowest BCUT2D eigenvalue weighted by molar-refractivity contribution is -0.119. The molecule has 2 aromatic carbocycles. The Bertz CT molecular complexity index is 1040. The van der Waals surface area contributed by atoms with E-state index in [4.69, 9.17) is 9.47 Å². The quantitative estimate of drug-likeness (QED) is 0.456. The van der Waals surface area contributed by atoms with Crippen molar-refractivity contribution in [2.45, 2.75) is 13.5 Å². The van der Waals surface area contributed by atoms with E-state index in [9.17, 15) is 14.4 Å². The molecule has 1 heterocycles. The van der Waals surface area contributed by atoms with Crippen molar-refractivity contribution in [2.24, 2.45) is 7.05 Å². The van der Waals surface area contributed by atoms with Crippen molar-refractivity contribution in [1.29, 1.82) is 0 Å². The highest BCUT2D eigenvalue weighted by Crippen LogP contribution is 2.17. The fourth-order valence-corrected chi connectivity index (χ4v) is 2.74. The van der Waals surface area contributed by atoms with Crippen LogP contribution in [-0.2, 0) is 23.2 Å². The van der Waals surface area contributed by atoms with Gasteiger partial charge in [0.25, 0.3) is 5.91 Å². The Hall–Kier alpha value is -3.87. The topological polar surface area (TPSA) is 86.6 Å². The van der Waals surface area contributed by atoms with Gasteiger partial charge in [-0.3, -0.25) is 9.59 Å². The molecule has 3 aromatic rings. The first kappa shape index (κ1) is 20.9. The molecule has 154 valence electrons. The lowest BCUT2D eigenvalue weighted by Crippen LogP contribution is -2.21. The van der Waals surface area contributed by atoms with Crippen LogP contribution >= 0.6 is 0 Å². The summed E-state index contributed by atoms with van der Waals surface area (Å²) < 4.78 is 12.2. The van der Waals surface area contributed by atoms with Crippen molar-refractivity contribution in [3.05, 3.63) is 83.7 Å². The van der Waals surface area contributed by atoms with Crippen molar-refractivity contribution in [2.75, 3.05) is 11.9 Å². The monoisotopic (exact) mass is 406 g/mol. The number of rotatable bonds is 8. The number of esters is 1. The first-order valence-electron chi connectivity index (χ1n) is 9.33. The highest BCUT2D eigenvalue weighted by atomic mass is 16.5. The fourth-order valence-electron chi connectivity index (χ4n) is 2.74. The first-order valence-corrected chi connectivity index (χ1v) is 9.33. The van der Waals surface area contributed by atoms with Gasteiger partial charge in [-0.25, -0.2) is 4.79 Å². The molecular formula is C23H22N2O5. The number of amides is 1. The Labute approximate surface area is 174 Å². The number of hydrogen-bond donors (Lipinski definition) is 1. The lowest BCUT2D eigenvalue weighted by atomic mass is 10.2. The van der Waals surface area contributed by atoms with Gasteiger partial charge in [0.15, 0.2) is 12.4 Å². The molecule has 1 N–H and O–H groups in total. The number of ketones is 1. The Morgan fingerprint density at radius 3 is 2.33 bits per heavy atom. The molecule has 3 rings (SSSR count). The maximum atomic E-state index is 12.1. The maximum absolute atomic E-state index is 12.1. The smallest absolute Gasteiger partial charge is 0.355 e. The molecule has 0 fully saturated rings. The molecule has 0 aliphatic heterocycles. The average Bonchev–Trinajstić information content (AvgIpc) is 3.14. The molecule has 0 bridgehead atoms. The van der Waals surface area contributed by atoms with Gasteiger partial charge in [0.2, 0.25) is 0 Å². The molecule has 0 radical (unpaired) electrons. The predicted molar refractivity (Wildman–Crippen MR) is 112 cm³/mol. The van der Waals surface area contributed by atoms with Crippen molar-refractivity contribution >= 4 is 23.3 Å². The third kappa shape index (κ3) is 5.57.